The highest BCUT2D eigenvalue weighted by Gasteiger charge is 2.35. The number of hydrogen-bond donors (Lipinski definition) is 0. The quantitative estimate of drug-likeness (QED) is 0.684. The molecule has 4 nitrogen and oxygen atoms in total. The van der Waals surface area contributed by atoms with Crippen molar-refractivity contribution in [2.24, 2.45) is 4.99 Å². The van der Waals surface area contributed by atoms with Crippen LogP contribution >= 0.6 is 0 Å². The Morgan fingerprint density at radius 3 is 2.81 bits per heavy atom. The van der Waals surface area contributed by atoms with Gasteiger partial charge in [0.1, 0.15) is 5.69 Å². The summed E-state index contributed by atoms with van der Waals surface area (Å²) in [6, 6.07) is 0.966. The van der Waals surface area contributed by atoms with Gasteiger partial charge in [-0.25, -0.2) is 4.99 Å². The van der Waals surface area contributed by atoms with E-state index < -0.39 is 11.9 Å². The maximum Gasteiger partial charge on any atom is 0.435 e. The largest absolute Gasteiger partial charge is 0.480 e. The maximum atomic E-state index is 12.5. The van der Waals surface area contributed by atoms with Crippen molar-refractivity contribution in [3.05, 3.63) is 17.5 Å². The van der Waals surface area contributed by atoms with Gasteiger partial charge in [0, 0.05) is 19.2 Å². The highest BCUT2D eigenvalue weighted by Crippen LogP contribution is 2.29. The fourth-order valence-corrected chi connectivity index (χ4v) is 1.55. The summed E-state index contributed by atoms with van der Waals surface area (Å²) in [4.78, 5) is 4.04. The Hall–Kier alpha value is -1.53. The summed E-state index contributed by atoms with van der Waals surface area (Å²) in [5.74, 6) is 0.209. The number of alkyl halides is 3. The normalized spacial score (nSPS) is 16.4. The lowest BCUT2D eigenvalue weighted by Crippen LogP contribution is -2.11. The van der Waals surface area contributed by atoms with Gasteiger partial charge >= 0.3 is 6.18 Å². The third kappa shape index (κ3) is 1.89. The average molecular weight is 233 g/mol. The van der Waals surface area contributed by atoms with E-state index in [1.807, 2.05) is 0 Å². The van der Waals surface area contributed by atoms with E-state index in [2.05, 4.69) is 10.1 Å². The number of rotatable bonds is 0. The molecule has 16 heavy (non-hydrogen) atoms. The van der Waals surface area contributed by atoms with E-state index in [0.717, 1.165) is 6.07 Å². The molecule has 0 fully saturated rings. The summed E-state index contributed by atoms with van der Waals surface area (Å²) < 4.78 is 43.6. The molecule has 88 valence electrons. The van der Waals surface area contributed by atoms with Crippen LogP contribution in [-0.2, 0) is 17.5 Å². The van der Waals surface area contributed by atoms with Crippen molar-refractivity contribution >= 4 is 5.90 Å². The lowest BCUT2D eigenvalue weighted by Gasteiger charge is -2.03. The molecule has 1 aliphatic rings. The molecular weight excluding hydrogens is 223 g/mol. The minimum absolute atomic E-state index is 0.209. The van der Waals surface area contributed by atoms with Gasteiger partial charge in [0.05, 0.1) is 7.11 Å². The first-order chi connectivity index (χ1) is 7.52. The molecule has 2 heterocycles. The van der Waals surface area contributed by atoms with Crippen LogP contribution in [0.1, 0.15) is 17.8 Å². The molecule has 0 aliphatic carbocycles. The van der Waals surface area contributed by atoms with Gasteiger partial charge in [0.2, 0.25) is 5.90 Å². The van der Waals surface area contributed by atoms with Crippen molar-refractivity contribution in [2.45, 2.75) is 19.1 Å². The van der Waals surface area contributed by atoms with E-state index in [0.29, 0.717) is 19.5 Å². The zero-order valence-corrected chi connectivity index (χ0v) is 8.58. The zero-order chi connectivity index (χ0) is 11.8. The first-order valence-electron chi connectivity index (χ1n) is 4.76. The van der Waals surface area contributed by atoms with Gasteiger partial charge in [-0.1, -0.05) is 0 Å². The third-order valence-corrected chi connectivity index (χ3v) is 2.27. The van der Waals surface area contributed by atoms with Crippen molar-refractivity contribution in [3.8, 4) is 0 Å². The van der Waals surface area contributed by atoms with Gasteiger partial charge in [-0.3, -0.25) is 4.68 Å². The van der Waals surface area contributed by atoms with Crippen molar-refractivity contribution in [1.82, 2.24) is 9.78 Å². The number of aryl methyl sites for hydroxylation is 1. The molecule has 0 amide bonds. The molecule has 7 heteroatoms. The summed E-state index contributed by atoms with van der Waals surface area (Å²) in [5.41, 5.74) is -0.624. The summed E-state index contributed by atoms with van der Waals surface area (Å²) >= 11 is 0. The minimum Gasteiger partial charge on any atom is -0.480 e. The summed E-state index contributed by atoms with van der Waals surface area (Å²) in [6.07, 6.45) is -3.78. The molecule has 1 aromatic heterocycles. The van der Waals surface area contributed by atoms with E-state index >= 15 is 0 Å². The molecule has 0 unspecified atom stereocenters. The number of fused-ring (bicyclic) bond motifs is 1. The zero-order valence-electron chi connectivity index (χ0n) is 8.58. The third-order valence-electron chi connectivity index (χ3n) is 2.27. The van der Waals surface area contributed by atoms with Gasteiger partial charge < -0.3 is 4.74 Å². The van der Waals surface area contributed by atoms with Crippen LogP contribution in [0.2, 0.25) is 0 Å². The molecule has 1 aliphatic heterocycles. The standard InChI is InChI=1S/C9H10F3N3O/c1-16-8-6-5-7(9(10,11)12)14-15(6)4-2-3-13-8/h5H,2-4H2,1H3. The molecule has 0 atom stereocenters. The van der Waals surface area contributed by atoms with Gasteiger partial charge in [-0.2, -0.15) is 18.3 Å². The number of ether oxygens (including phenoxy) is 1. The van der Waals surface area contributed by atoms with Crippen LogP contribution in [0.4, 0.5) is 13.2 Å². The number of halogens is 3. The fraction of sp³-hybridized carbons (Fsp3) is 0.556. The molecule has 0 aromatic carbocycles. The van der Waals surface area contributed by atoms with Crippen molar-refractivity contribution < 1.29 is 17.9 Å². The van der Waals surface area contributed by atoms with E-state index in [1.165, 1.54) is 11.8 Å². The van der Waals surface area contributed by atoms with Crippen LogP contribution in [0.5, 0.6) is 0 Å². The van der Waals surface area contributed by atoms with Crippen LogP contribution in [0.15, 0.2) is 11.1 Å². The van der Waals surface area contributed by atoms with Gasteiger partial charge in [-0.05, 0) is 6.42 Å². The minimum atomic E-state index is -4.43. The predicted octanol–water partition coefficient (Wildman–Crippen LogP) is 1.70. The smallest absolute Gasteiger partial charge is 0.435 e. The number of methoxy groups -OCH3 is 1. The molecular formula is C9H10F3N3O. The Balaban J connectivity index is 2.46. The molecule has 2 rings (SSSR count). The highest BCUT2D eigenvalue weighted by molar-refractivity contribution is 5.92. The molecule has 0 spiro atoms. The lowest BCUT2D eigenvalue weighted by molar-refractivity contribution is -0.141. The Bertz CT molecular complexity index is 422. The van der Waals surface area contributed by atoms with E-state index in [1.54, 1.807) is 0 Å². The predicted molar refractivity (Wildman–Crippen MR) is 50.3 cm³/mol. The number of nitrogens with zero attached hydrogens (tertiary/aromatic N) is 3. The van der Waals surface area contributed by atoms with Crippen LogP contribution < -0.4 is 0 Å². The van der Waals surface area contributed by atoms with Gasteiger partial charge in [0.25, 0.3) is 0 Å². The second-order valence-electron chi connectivity index (χ2n) is 3.38. The second-order valence-corrected chi connectivity index (χ2v) is 3.38. The summed E-state index contributed by atoms with van der Waals surface area (Å²) in [6.45, 7) is 0.954. The van der Waals surface area contributed by atoms with Crippen LogP contribution in [0.25, 0.3) is 0 Å². The van der Waals surface area contributed by atoms with Crippen LogP contribution in [-0.4, -0.2) is 29.3 Å². The van der Waals surface area contributed by atoms with Crippen LogP contribution in [0, 0.1) is 0 Å². The van der Waals surface area contributed by atoms with Crippen molar-refractivity contribution in [1.29, 1.82) is 0 Å². The van der Waals surface area contributed by atoms with E-state index in [9.17, 15) is 13.2 Å². The highest BCUT2D eigenvalue weighted by atomic mass is 19.4. The first kappa shape index (κ1) is 11.0. The summed E-state index contributed by atoms with van der Waals surface area (Å²) in [5, 5.41) is 3.51. The maximum absolute atomic E-state index is 12.5. The van der Waals surface area contributed by atoms with Crippen LogP contribution in [0.3, 0.4) is 0 Å². The van der Waals surface area contributed by atoms with E-state index in [4.69, 9.17) is 4.74 Å². The van der Waals surface area contributed by atoms with Gasteiger partial charge in [0.15, 0.2) is 5.69 Å². The Kier molecular flexibility index (Phi) is 2.61. The molecule has 0 saturated heterocycles. The number of aliphatic imine (C=N–C) groups is 1. The lowest BCUT2D eigenvalue weighted by atomic mass is 10.3. The molecule has 0 bridgehead atoms. The van der Waals surface area contributed by atoms with Crippen molar-refractivity contribution in [3.63, 3.8) is 0 Å². The number of hydrogen-bond acceptors (Lipinski definition) is 3. The SMILES string of the molecule is COC1=NCCCn2nc(C(F)(F)F)cc21. The Morgan fingerprint density at radius 1 is 1.44 bits per heavy atom. The molecule has 0 saturated carbocycles. The molecule has 0 N–H and O–H groups in total. The summed E-state index contributed by atoms with van der Waals surface area (Å²) in [7, 11) is 1.38. The topological polar surface area (TPSA) is 39.4 Å². The second kappa shape index (κ2) is 3.80. The fourth-order valence-electron chi connectivity index (χ4n) is 1.55. The first-order valence-corrected chi connectivity index (χ1v) is 4.76. The molecule has 1 aromatic rings. The number of aromatic nitrogens is 2. The average Bonchev–Trinajstić information content (AvgIpc) is 2.54. The van der Waals surface area contributed by atoms with Gasteiger partial charge in [-0.15, -0.1) is 0 Å². The Labute approximate surface area is 89.7 Å². The van der Waals surface area contributed by atoms with E-state index in [-0.39, 0.29) is 11.6 Å². The Morgan fingerprint density at radius 2 is 2.19 bits per heavy atom. The monoisotopic (exact) mass is 233 g/mol. The molecule has 0 radical (unpaired) electrons. The van der Waals surface area contributed by atoms with Crippen molar-refractivity contribution in [2.75, 3.05) is 13.7 Å².